The number of nitrogen functional groups attached to an aromatic ring is 1. The summed E-state index contributed by atoms with van der Waals surface area (Å²) in [4.78, 5) is 86.7. The number of H-pyrrole nitrogens is 1. The van der Waals surface area contributed by atoms with Crippen LogP contribution in [0.1, 0.15) is 96.1 Å². The average molecular weight is 1390 g/mol. The van der Waals surface area contributed by atoms with Crippen molar-refractivity contribution in [3.63, 3.8) is 0 Å². The molecular weight excluding hydrogens is 1320 g/mol. The van der Waals surface area contributed by atoms with Gasteiger partial charge in [-0.25, -0.2) is 13.7 Å². The lowest BCUT2D eigenvalue weighted by Gasteiger charge is -2.25. The molecule has 3 aliphatic heterocycles. The quantitative estimate of drug-likeness (QED) is 0.00313. The van der Waals surface area contributed by atoms with Gasteiger partial charge in [0.05, 0.1) is 45.4 Å². The maximum absolute atomic E-state index is 13.2. The summed E-state index contributed by atoms with van der Waals surface area (Å²) in [6.07, 6.45) is 5.97. The third-order valence-corrected chi connectivity index (χ3v) is 22.4. The summed E-state index contributed by atoms with van der Waals surface area (Å²) in [6, 6.07) is 9.09. The van der Waals surface area contributed by atoms with Gasteiger partial charge in [0, 0.05) is 95.9 Å². The normalized spacial score (nSPS) is 19.7. The molecule has 4 aromatic rings. The Bertz CT molecular complexity index is 4080. The van der Waals surface area contributed by atoms with E-state index in [4.69, 9.17) is 35.0 Å². The molecule has 0 radical (unpaired) electrons. The van der Waals surface area contributed by atoms with Crippen LogP contribution in [0, 0.1) is 11.8 Å². The number of nitrogens with zero attached hydrogens (tertiary/aromatic N) is 7. The maximum atomic E-state index is 13.2. The van der Waals surface area contributed by atoms with Crippen molar-refractivity contribution in [3.8, 4) is 11.8 Å². The molecule has 5 heterocycles. The van der Waals surface area contributed by atoms with Crippen LogP contribution in [0.2, 0.25) is 0 Å². The molecule has 1 fully saturated rings. The third-order valence-electron chi connectivity index (χ3n) is 14.5. The molecule has 0 bridgehead atoms. The number of benzene rings is 2. The summed E-state index contributed by atoms with van der Waals surface area (Å²) >= 11 is 0. The first-order valence-corrected chi connectivity index (χ1v) is 37.2. The fraction of sp³-hybridized carbons (Fsp3) is 0.471. The molecular formula is C51H67N11O21P3S4+. The highest BCUT2D eigenvalue weighted by atomic mass is 33.1. The van der Waals surface area contributed by atoms with Gasteiger partial charge in [0.25, 0.3) is 25.8 Å². The van der Waals surface area contributed by atoms with Gasteiger partial charge in [-0.3, -0.25) is 33.0 Å². The molecule has 2 amide bonds. The lowest BCUT2D eigenvalue weighted by atomic mass is 9.81. The standard InChI is InChI=1S/C51H66N11O21P3S4/c1-6-60-37-18-16-33(89(73,74)75)26-35(37)50(2,3)41(60)13-10-14-42-51(4,5)36-27-34(90(76,77)78)17-19-38(36)61(42)23-9-7-8-15-43(63)55-22-25-88-87-24-20-44(64)54-21-11-12-32-29-62(47-46(32)48(65)58-49(52)57-47)45-28-39(79-31-56-59-53)40(81-45)30-80-85(69,70)83-86(71,72)82-84(66,67)68/h10,13-14,16-19,26-27,29,39-40,45H,6-9,15,20-25,28,30-31H2,1-5H3,(H10-,52,54,55,57,58,63,64,65,66,67,68,69,70,71,72,73,74,75,76,77,78)/p+1/t39?,40-,45-/m1/s1. The SMILES string of the molecule is CCN1/C(=C/C=C/C2=[N+](CCCCCC(=O)NCCSSCCC(=O)NCC#Cc3cn([C@H]4CC(OCN=[N+]=[N-])[C@@H](COP(=O)(O)OP(=O)(O)OP(=O)(O)O)O4)c4nc(N)[nH]c(=O)c34)c3ccc(S(=O)(=O)O)cc3C2(C)C)C(C)(C)c2cc(S(=O)(=O)O)ccc21. The van der Waals surface area contributed by atoms with Crippen molar-refractivity contribution in [2.24, 2.45) is 5.11 Å². The molecule has 90 heavy (non-hydrogen) atoms. The molecule has 2 aromatic heterocycles. The first-order chi connectivity index (χ1) is 42.1. The number of hydrogen-bond acceptors (Lipinski definition) is 21. The highest BCUT2D eigenvalue weighted by molar-refractivity contribution is 8.76. The van der Waals surface area contributed by atoms with Gasteiger partial charge < -0.3 is 54.9 Å². The highest BCUT2D eigenvalue weighted by Gasteiger charge is 2.47. The van der Waals surface area contributed by atoms with Crippen molar-refractivity contribution in [1.29, 1.82) is 0 Å². The van der Waals surface area contributed by atoms with E-state index in [2.05, 4.69) is 60.6 Å². The summed E-state index contributed by atoms with van der Waals surface area (Å²) in [6.45, 7) is 9.78. The Balaban J connectivity index is 0.859. The fourth-order valence-electron chi connectivity index (χ4n) is 10.4. The van der Waals surface area contributed by atoms with E-state index >= 15 is 0 Å². The van der Waals surface area contributed by atoms with E-state index < -0.39 is 91.9 Å². The van der Waals surface area contributed by atoms with Gasteiger partial charge in [-0.05, 0) is 81.1 Å². The molecule has 0 spiro atoms. The predicted octanol–water partition coefficient (Wildman–Crippen LogP) is 6.33. The smallest absolute Gasteiger partial charge is 0.369 e. The average Bonchev–Trinajstić information content (AvgIpc) is 1.61. The number of aromatic nitrogens is 3. The number of azide groups is 1. The first kappa shape index (κ1) is 71.7. The number of phosphoric acid groups is 3. The number of hydrogen-bond donors (Lipinski definition) is 10. The number of carbonyl (C=O) groups excluding carboxylic acids is 2. The van der Waals surface area contributed by atoms with Crippen LogP contribution in [-0.2, 0) is 77.0 Å². The Kier molecular flexibility index (Phi) is 23.5. The van der Waals surface area contributed by atoms with Crippen molar-refractivity contribution in [2.75, 3.05) is 61.7 Å². The molecule has 3 unspecified atom stereocenters. The number of fused-ring (bicyclic) bond motifs is 3. The van der Waals surface area contributed by atoms with Gasteiger partial charge in [-0.1, -0.05) is 58.5 Å². The van der Waals surface area contributed by atoms with Crippen LogP contribution in [0.4, 0.5) is 17.3 Å². The number of allylic oxidation sites excluding steroid dienone is 4. The van der Waals surface area contributed by atoms with Crippen molar-refractivity contribution in [2.45, 2.75) is 112 Å². The lowest BCUT2D eigenvalue weighted by Crippen LogP contribution is -2.29. The number of aromatic amines is 1. The molecule has 0 aliphatic carbocycles. The van der Waals surface area contributed by atoms with E-state index in [1.54, 1.807) is 12.1 Å². The van der Waals surface area contributed by atoms with E-state index in [0.717, 1.165) is 28.3 Å². The van der Waals surface area contributed by atoms with Crippen LogP contribution in [0.3, 0.4) is 0 Å². The number of rotatable bonds is 30. The number of nitrogens with one attached hydrogen (secondary N) is 3. The zero-order chi connectivity index (χ0) is 66.2. The molecule has 7 rings (SSSR count). The molecule has 3 aliphatic rings. The summed E-state index contributed by atoms with van der Waals surface area (Å²) in [5.74, 6) is 5.87. The van der Waals surface area contributed by atoms with Gasteiger partial charge in [-0.15, -0.1) is 0 Å². The van der Waals surface area contributed by atoms with Crippen LogP contribution in [0.25, 0.3) is 21.5 Å². The van der Waals surface area contributed by atoms with Gasteiger partial charge in [0.2, 0.25) is 23.5 Å². The Hall–Kier alpha value is -5.73. The van der Waals surface area contributed by atoms with Crippen molar-refractivity contribution in [3.05, 3.63) is 104 Å². The number of nitrogens with two attached hydrogens (primary N) is 1. The number of anilines is 2. The van der Waals surface area contributed by atoms with E-state index in [9.17, 15) is 63.8 Å². The lowest BCUT2D eigenvalue weighted by molar-refractivity contribution is -0.438. The molecule has 2 aromatic carbocycles. The van der Waals surface area contributed by atoms with Gasteiger partial charge in [0.15, 0.2) is 11.4 Å². The van der Waals surface area contributed by atoms with E-state index in [1.807, 2.05) is 52.8 Å². The topological polar surface area (TPSA) is 477 Å². The number of amides is 2. The monoisotopic (exact) mass is 1390 g/mol. The second-order valence-electron chi connectivity index (χ2n) is 21.3. The van der Waals surface area contributed by atoms with Crippen LogP contribution in [0.5, 0.6) is 0 Å². The number of phosphoric ester groups is 1. The third kappa shape index (κ3) is 18.3. The van der Waals surface area contributed by atoms with Crippen LogP contribution < -0.4 is 26.8 Å². The zero-order valence-corrected chi connectivity index (χ0v) is 54.8. The minimum absolute atomic E-state index is 0.0293. The molecule has 490 valence electrons. The second kappa shape index (κ2) is 29.5. The van der Waals surface area contributed by atoms with Crippen molar-refractivity contribution < 1.29 is 96.0 Å². The number of carbonyl (C=O) groups is 2. The van der Waals surface area contributed by atoms with E-state index in [-0.39, 0.29) is 70.0 Å². The summed E-state index contributed by atoms with van der Waals surface area (Å²) < 4.78 is 131. The van der Waals surface area contributed by atoms with Crippen molar-refractivity contribution >= 4 is 111 Å². The van der Waals surface area contributed by atoms with Crippen LogP contribution in [-0.4, -0.2) is 145 Å². The molecule has 32 nitrogen and oxygen atoms in total. The molecule has 5 atom stereocenters. The number of ether oxygens (including phenoxy) is 2. The van der Waals surface area contributed by atoms with E-state index in [0.29, 0.717) is 56.0 Å². The van der Waals surface area contributed by atoms with Crippen LogP contribution >= 0.6 is 45.1 Å². The molecule has 11 N–H and O–H groups in total. The summed E-state index contributed by atoms with van der Waals surface area (Å²) in [5, 5.41) is 8.85. The molecule has 0 saturated carbocycles. The molecule has 39 heteroatoms. The zero-order valence-electron chi connectivity index (χ0n) is 48.9. The van der Waals surface area contributed by atoms with Gasteiger partial charge in [0.1, 0.15) is 25.6 Å². The first-order valence-electron chi connectivity index (χ1n) is 27.4. The highest BCUT2D eigenvalue weighted by Crippen LogP contribution is 2.66. The molecule has 1 saturated heterocycles. The van der Waals surface area contributed by atoms with Gasteiger partial charge >= 0.3 is 23.5 Å². The Morgan fingerprint density at radius 1 is 0.956 bits per heavy atom. The second-order valence-corrected chi connectivity index (χ2v) is 31.3. The largest absolute Gasteiger partial charge is 0.490 e. The number of likely N-dealkylation sites (N-methyl/N-ethyl adjacent to an activating group) is 1. The Labute approximate surface area is 524 Å². The summed E-state index contributed by atoms with van der Waals surface area (Å²) in [7, 11) is -23.1. The van der Waals surface area contributed by atoms with Crippen molar-refractivity contribution in [1.82, 2.24) is 25.2 Å². The van der Waals surface area contributed by atoms with Crippen LogP contribution in [0.15, 0.2) is 86.2 Å². The van der Waals surface area contributed by atoms with Gasteiger partial charge in [-0.2, -0.15) is 35.0 Å². The maximum Gasteiger partial charge on any atom is 0.490 e. The Morgan fingerprint density at radius 3 is 2.31 bits per heavy atom. The minimum Gasteiger partial charge on any atom is -0.369 e. The van der Waals surface area contributed by atoms with E-state index in [1.165, 1.54) is 56.6 Å². The number of unbranched alkanes of at least 4 members (excludes halogenated alkanes) is 2. The fourth-order valence-corrected chi connectivity index (χ4v) is 16.4. The summed E-state index contributed by atoms with van der Waals surface area (Å²) in [5.41, 5.74) is 17.5. The Morgan fingerprint density at radius 2 is 1.63 bits per heavy atom. The minimum atomic E-state index is -5.84. The predicted molar refractivity (Wildman–Crippen MR) is 331 cm³/mol.